The molecule has 1 aliphatic carbocycles. The highest BCUT2D eigenvalue weighted by Crippen LogP contribution is 2.63. The summed E-state index contributed by atoms with van der Waals surface area (Å²) in [7, 11) is -4.14. The van der Waals surface area contributed by atoms with Crippen LogP contribution in [0.5, 0.6) is 0 Å². The van der Waals surface area contributed by atoms with Crippen LogP contribution in [0.25, 0.3) is 0 Å². The molecule has 2 N–H and O–H groups in total. The summed E-state index contributed by atoms with van der Waals surface area (Å²) >= 11 is 0.961. The Balaban J connectivity index is 1.60. The lowest BCUT2D eigenvalue weighted by Gasteiger charge is -2.32. The topological polar surface area (TPSA) is 86.7 Å². The van der Waals surface area contributed by atoms with Crippen molar-refractivity contribution in [3.8, 4) is 0 Å². The predicted octanol–water partition coefficient (Wildman–Crippen LogP) is 3.69. The number of piperidine rings is 1. The summed E-state index contributed by atoms with van der Waals surface area (Å²) in [6, 6.07) is 12.0. The van der Waals surface area contributed by atoms with E-state index in [1.165, 1.54) is 6.07 Å². The van der Waals surface area contributed by atoms with Crippen LogP contribution in [-0.4, -0.2) is 44.0 Å². The van der Waals surface area contributed by atoms with Crippen LogP contribution in [0.2, 0.25) is 0 Å². The predicted molar refractivity (Wildman–Crippen MR) is 114 cm³/mol. The normalized spacial score (nSPS) is 30.2. The summed E-state index contributed by atoms with van der Waals surface area (Å²) in [6.45, 7) is 3.75. The molecule has 10 heteroatoms. The van der Waals surface area contributed by atoms with Gasteiger partial charge in [-0.25, -0.2) is 17.2 Å². The number of carboxylic acids is 1. The van der Waals surface area contributed by atoms with Crippen molar-refractivity contribution >= 4 is 32.3 Å². The van der Waals surface area contributed by atoms with E-state index in [1.54, 1.807) is 49.1 Å². The molecule has 2 aliphatic rings. The number of nitrogens with zero attached hydrogens (tertiary/aromatic N) is 1. The van der Waals surface area contributed by atoms with Crippen LogP contribution < -0.4 is 9.62 Å². The van der Waals surface area contributed by atoms with Gasteiger partial charge in [0.1, 0.15) is 9.75 Å². The highest BCUT2D eigenvalue weighted by Gasteiger charge is 2.78. The zero-order chi connectivity index (χ0) is 22.7. The van der Waals surface area contributed by atoms with Crippen LogP contribution in [0, 0.1) is 5.92 Å². The number of halogens is 2. The summed E-state index contributed by atoms with van der Waals surface area (Å²) < 4.78 is 55.6. The van der Waals surface area contributed by atoms with Crippen LogP contribution in [0.1, 0.15) is 32.3 Å². The van der Waals surface area contributed by atoms with Gasteiger partial charge in [0.25, 0.3) is 15.9 Å². The number of aliphatic carboxylic acids is 1. The Morgan fingerprint density at radius 3 is 2.35 bits per heavy atom. The quantitative estimate of drug-likeness (QED) is 0.673. The fourth-order valence-corrected chi connectivity index (χ4v) is 7.55. The second-order valence-corrected chi connectivity index (χ2v) is 11.4. The summed E-state index contributed by atoms with van der Waals surface area (Å²) in [5.41, 5.74) is -1.84. The molecule has 1 saturated heterocycles. The molecule has 1 aromatic heterocycles. The Morgan fingerprint density at radius 2 is 1.77 bits per heavy atom. The van der Waals surface area contributed by atoms with E-state index in [2.05, 4.69) is 4.72 Å². The van der Waals surface area contributed by atoms with Crippen molar-refractivity contribution < 1.29 is 27.1 Å². The van der Waals surface area contributed by atoms with Crippen LogP contribution in [0.15, 0.2) is 46.7 Å². The number of alkyl halides is 2. The number of carbonyl (C=O) groups is 1. The lowest BCUT2D eigenvalue weighted by Crippen LogP contribution is -2.48. The van der Waals surface area contributed by atoms with Gasteiger partial charge in [0.2, 0.25) is 0 Å². The molecular formula is C21H24F2N2O4S2. The molecule has 31 heavy (non-hydrogen) atoms. The average Bonchev–Trinajstić information content (AvgIpc) is 3.05. The summed E-state index contributed by atoms with van der Waals surface area (Å²) in [6.07, 6.45) is -0.555. The molecule has 2 heterocycles. The van der Waals surface area contributed by atoms with Gasteiger partial charge in [0.15, 0.2) is 0 Å². The smallest absolute Gasteiger partial charge is 0.326 e. The van der Waals surface area contributed by atoms with E-state index >= 15 is 0 Å². The molecule has 0 bridgehead atoms. The molecule has 168 valence electrons. The van der Waals surface area contributed by atoms with Gasteiger partial charge in [-0.1, -0.05) is 44.2 Å². The first-order valence-corrected chi connectivity index (χ1v) is 12.3. The molecular weight excluding hydrogens is 446 g/mol. The van der Waals surface area contributed by atoms with Crippen LogP contribution in [0.4, 0.5) is 13.8 Å². The second kappa shape index (κ2) is 7.25. The molecule has 1 aromatic carbocycles. The average molecular weight is 471 g/mol. The number of nitrogens with one attached hydrogen (secondary N) is 1. The van der Waals surface area contributed by atoms with Gasteiger partial charge in [-0.05, 0) is 23.6 Å². The lowest BCUT2D eigenvalue weighted by atomic mass is 9.92. The van der Waals surface area contributed by atoms with Gasteiger partial charge >= 0.3 is 5.97 Å². The molecule has 0 spiro atoms. The number of anilines is 1. The Hall–Kier alpha value is -2.04. The molecule has 0 radical (unpaired) electrons. The number of sulfonamides is 1. The van der Waals surface area contributed by atoms with E-state index in [1.807, 2.05) is 6.07 Å². The zero-order valence-corrected chi connectivity index (χ0v) is 18.8. The minimum absolute atomic E-state index is 0.0324. The molecule has 0 amide bonds. The number of rotatable bonds is 6. The van der Waals surface area contributed by atoms with Gasteiger partial charge < -0.3 is 10.0 Å². The lowest BCUT2D eigenvalue weighted by molar-refractivity contribution is -0.141. The second-order valence-electron chi connectivity index (χ2n) is 8.44. The third-order valence-electron chi connectivity index (χ3n) is 6.90. The Kier molecular flexibility index (Phi) is 5.18. The molecule has 2 aromatic rings. The third-order valence-corrected chi connectivity index (χ3v) is 10.0. The van der Waals surface area contributed by atoms with Crippen molar-refractivity contribution in [3.05, 3.63) is 48.0 Å². The van der Waals surface area contributed by atoms with Crippen molar-refractivity contribution in [1.82, 2.24) is 4.72 Å². The molecule has 3 atom stereocenters. The van der Waals surface area contributed by atoms with E-state index in [0.717, 1.165) is 16.9 Å². The summed E-state index contributed by atoms with van der Waals surface area (Å²) in [5, 5.41) is 10.6. The highest BCUT2D eigenvalue weighted by molar-refractivity contribution is 7.91. The minimum Gasteiger partial charge on any atom is -0.480 e. The fraction of sp³-hybridized carbons (Fsp3) is 0.476. The van der Waals surface area contributed by atoms with Crippen LogP contribution >= 0.6 is 11.3 Å². The van der Waals surface area contributed by atoms with Crippen molar-refractivity contribution in [3.63, 3.8) is 0 Å². The Labute approximate surface area is 183 Å². The SMILES string of the molecule is C[C@H]1C(C)(c2ccccc2)[C@]1(NS(=O)(=O)c1ccc(N2CCC(F)(F)CC2)s1)C(=O)O. The van der Waals surface area contributed by atoms with Crippen molar-refractivity contribution in [2.45, 2.75) is 47.8 Å². The first-order valence-electron chi connectivity index (χ1n) is 9.99. The van der Waals surface area contributed by atoms with Crippen molar-refractivity contribution in [2.75, 3.05) is 18.0 Å². The molecule has 4 rings (SSSR count). The number of carboxylic acid groups (broad SMARTS) is 1. The maximum absolute atomic E-state index is 13.4. The monoisotopic (exact) mass is 470 g/mol. The molecule has 1 unspecified atom stereocenters. The van der Waals surface area contributed by atoms with Gasteiger partial charge in [-0.15, -0.1) is 11.3 Å². The van der Waals surface area contributed by atoms with E-state index in [4.69, 9.17) is 0 Å². The number of benzene rings is 1. The zero-order valence-electron chi connectivity index (χ0n) is 17.1. The van der Waals surface area contributed by atoms with Gasteiger partial charge in [0.05, 0.1) is 5.00 Å². The Morgan fingerprint density at radius 1 is 1.16 bits per heavy atom. The molecule has 6 nitrogen and oxygen atoms in total. The van der Waals surface area contributed by atoms with E-state index in [9.17, 15) is 27.1 Å². The molecule has 1 aliphatic heterocycles. The first kappa shape index (κ1) is 22.2. The summed E-state index contributed by atoms with van der Waals surface area (Å²) in [5.74, 6) is -4.40. The van der Waals surface area contributed by atoms with Gasteiger partial charge in [-0.3, -0.25) is 4.79 Å². The summed E-state index contributed by atoms with van der Waals surface area (Å²) in [4.78, 5) is 14.0. The van der Waals surface area contributed by atoms with Crippen LogP contribution in [0.3, 0.4) is 0 Å². The van der Waals surface area contributed by atoms with E-state index < -0.39 is 38.8 Å². The molecule has 1 saturated carbocycles. The van der Waals surface area contributed by atoms with Gasteiger partial charge in [0, 0.05) is 31.3 Å². The maximum Gasteiger partial charge on any atom is 0.326 e. The Bertz CT molecular complexity index is 1100. The van der Waals surface area contributed by atoms with E-state index in [0.29, 0.717) is 5.00 Å². The van der Waals surface area contributed by atoms with E-state index in [-0.39, 0.29) is 30.1 Å². The first-order chi connectivity index (χ1) is 14.4. The standard InChI is InChI=1S/C21H24F2N2O4S2/c1-14-19(2,15-6-4-3-5-7-15)21(14,18(26)27)24-31(28,29)17-9-8-16(30-17)25-12-10-20(22,23)11-13-25/h3-9,14,24H,10-13H2,1-2H3,(H,26,27)/t14-,19?,21+/m0/s1. The highest BCUT2D eigenvalue weighted by atomic mass is 32.2. The fourth-order valence-electron chi connectivity index (χ4n) is 4.69. The number of thiophene rings is 1. The van der Waals surface area contributed by atoms with Crippen molar-refractivity contribution in [2.24, 2.45) is 5.92 Å². The molecule has 2 fully saturated rings. The third kappa shape index (κ3) is 3.44. The van der Waals surface area contributed by atoms with Crippen molar-refractivity contribution in [1.29, 1.82) is 0 Å². The minimum atomic E-state index is -4.14. The van der Waals surface area contributed by atoms with Crippen LogP contribution in [-0.2, 0) is 20.2 Å². The number of hydrogen-bond donors (Lipinski definition) is 2. The van der Waals surface area contributed by atoms with Gasteiger partial charge in [-0.2, -0.15) is 4.72 Å². The maximum atomic E-state index is 13.4. The number of hydrogen-bond acceptors (Lipinski definition) is 5. The largest absolute Gasteiger partial charge is 0.480 e.